The molecule has 3 aromatic rings. The summed E-state index contributed by atoms with van der Waals surface area (Å²) in [7, 11) is 0. The first-order chi connectivity index (χ1) is 12.9. The van der Waals surface area contributed by atoms with Gasteiger partial charge < -0.3 is 4.90 Å². The van der Waals surface area contributed by atoms with Crippen molar-refractivity contribution in [2.24, 2.45) is 5.41 Å². The Morgan fingerprint density at radius 1 is 1.30 bits per heavy atom. The number of halogens is 1. The lowest BCUT2D eigenvalue weighted by atomic mass is 9.84. The number of aromatic nitrogens is 2. The van der Waals surface area contributed by atoms with E-state index in [9.17, 15) is 9.59 Å². The normalized spacial score (nSPS) is 16.6. The molecule has 5 nitrogen and oxygen atoms in total. The molecule has 0 spiro atoms. The lowest BCUT2D eigenvalue weighted by molar-refractivity contribution is 0.0583. The molecule has 0 atom stereocenters. The van der Waals surface area contributed by atoms with E-state index >= 15 is 0 Å². The van der Waals surface area contributed by atoms with Crippen LogP contribution < -0.4 is 5.56 Å². The highest BCUT2D eigenvalue weighted by atomic mass is 35.5. The van der Waals surface area contributed by atoms with E-state index in [4.69, 9.17) is 11.6 Å². The Morgan fingerprint density at radius 2 is 2.11 bits per heavy atom. The maximum Gasteiger partial charge on any atom is 0.274 e. The highest BCUT2D eigenvalue weighted by molar-refractivity contribution is 7.13. The van der Waals surface area contributed by atoms with E-state index in [1.54, 1.807) is 40.5 Å². The second kappa shape index (κ2) is 6.77. The van der Waals surface area contributed by atoms with Gasteiger partial charge in [0.1, 0.15) is 4.83 Å². The van der Waals surface area contributed by atoms with Crippen molar-refractivity contribution < 1.29 is 4.79 Å². The SMILES string of the molecule is CC1(C)CCCN(C(=O)c2cc(-n3sc4ncccc4c3=O)ccc2Cl)C1. The minimum Gasteiger partial charge on any atom is -0.338 e. The molecule has 0 N–H and O–H groups in total. The second-order valence-electron chi connectivity index (χ2n) is 7.71. The van der Waals surface area contributed by atoms with Crippen molar-refractivity contribution in [3.05, 3.63) is 57.5 Å². The van der Waals surface area contributed by atoms with Crippen LogP contribution in [0.2, 0.25) is 5.02 Å². The number of carbonyl (C=O) groups excluding carboxylic acids is 1. The van der Waals surface area contributed by atoms with Crippen LogP contribution in [-0.4, -0.2) is 32.8 Å². The van der Waals surface area contributed by atoms with E-state index in [0.717, 1.165) is 19.4 Å². The molecule has 0 aliphatic carbocycles. The summed E-state index contributed by atoms with van der Waals surface area (Å²) in [6, 6.07) is 8.66. The molecule has 1 aliphatic heterocycles. The van der Waals surface area contributed by atoms with E-state index in [-0.39, 0.29) is 16.9 Å². The average Bonchev–Trinajstić information content (AvgIpc) is 2.98. The van der Waals surface area contributed by atoms with Gasteiger partial charge in [-0.1, -0.05) is 25.4 Å². The Labute approximate surface area is 166 Å². The predicted molar refractivity (Wildman–Crippen MR) is 109 cm³/mol. The van der Waals surface area contributed by atoms with Crippen molar-refractivity contribution in [1.29, 1.82) is 0 Å². The lowest BCUT2D eigenvalue weighted by Gasteiger charge is -2.38. The van der Waals surface area contributed by atoms with Crippen LogP contribution in [0.3, 0.4) is 0 Å². The maximum absolute atomic E-state index is 13.1. The molecule has 2 aromatic heterocycles. The van der Waals surface area contributed by atoms with Crippen molar-refractivity contribution in [3.63, 3.8) is 0 Å². The number of rotatable bonds is 2. The van der Waals surface area contributed by atoms with Gasteiger partial charge in [0.05, 0.1) is 21.7 Å². The molecular weight excluding hydrogens is 382 g/mol. The number of amides is 1. The quantitative estimate of drug-likeness (QED) is 0.641. The van der Waals surface area contributed by atoms with Gasteiger partial charge in [-0.25, -0.2) is 8.94 Å². The molecule has 1 fully saturated rings. The third-order valence-electron chi connectivity index (χ3n) is 4.97. The zero-order valence-corrected chi connectivity index (χ0v) is 16.8. The highest BCUT2D eigenvalue weighted by Gasteiger charge is 2.30. The van der Waals surface area contributed by atoms with Gasteiger partial charge >= 0.3 is 0 Å². The van der Waals surface area contributed by atoms with Gasteiger partial charge in [-0.15, -0.1) is 0 Å². The number of hydrogen-bond acceptors (Lipinski definition) is 4. The maximum atomic E-state index is 13.1. The van der Waals surface area contributed by atoms with Crippen molar-refractivity contribution in [1.82, 2.24) is 13.8 Å². The lowest BCUT2D eigenvalue weighted by Crippen LogP contribution is -2.43. The van der Waals surface area contributed by atoms with E-state index in [1.807, 2.05) is 4.90 Å². The van der Waals surface area contributed by atoms with Crippen LogP contribution in [0.5, 0.6) is 0 Å². The average molecular weight is 402 g/mol. The van der Waals surface area contributed by atoms with Crippen LogP contribution in [0.1, 0.15) is 37.0 Å². The Hall–Kier alpha value is -2.18. The largest absolute Gasteiger partial charge is 0.338 e. The van der Waals surface area contributed by atoms with Crippen LogP contribution in [0.15, 0.2) is 41.3 Å². The number of benzene rings is 1. The number of hydrogen-bond donors (Lipinski definition) is 0. The smallest absolute Gasteiger partial charge is 0.274 e. The number of carbonyl (C=O) groups is 1. The molecule has 4 rings (SSSR count). The molecule has 140 valence electrons. The van der Waals surface area contributed by atoms with Crippen LogP contribution >= 0.6 is 23.1 Å². The fourth-order valence-electron chi connectivity index (χ4n) is 3.60. The molecule has 0 bridgehead atoms. The van der Waals surface area contributed by atoms with Gasteiger partial charge in [0.2, 0.25) is 0 Å². The first-order valence-electron chi connectivity index (χ1n) is 8.92. The topological polar surface area (TPSA) is 55.2 Å². The first kappa shape index (κ1) is 18.2. The van der Waals surface area contributed by atoms with Gasteiger partial charge in [0.25, 0.3) is 11.5 Å². The van der Waals surface area contributed by atoms with Crippen LogP contribution in [0.25, 0.3) is 15.9 Å². The molecule has 0 radical (unpaired) electrons. The zero-order valence-electron chi connectivity index (χ0n) is 15.2. The molecule has 1 amide bonds. The Kier molecular flexibility index (Phi) is 4.56. The number of fused-ring (bicyclic) bond motifs is 1. The Balaban J connectivity index is 1.74. The third kappa shape index (κ3) is 3.39. The summed E-state index contributed by atoms with van der Waals surface area (Å²) in [5.41, 5.74) is 1.03. The molecule has 0 unspecified atom stereocenters. The van der Waals surface area contributed by atoms with E-state index < -0.39 is 0 Å². The summed E-state index contributed by atoms with van der Waals surface area (Å²) in [6.07, 6.45) is 3.75. The van der Waals surface area contributed by atoms with Gasteiger partial charge in [-0.05, 0) is 60.1 Å². The second-order valence-corrected chi connectivity index (χ2v) is 9.05. The molecule has 1 aromatic carbocycles. The van der Waals surface area contributed by atoms with Gasteiger partial charge in [0.15, 0.2) is 0 Å². The molecule has 1 aliphatic rings. The number of likely N-dealkylation sites (tertiary alicyclic amines) is 1. The van der Waals surface area contributed by atoms with Gasteiger partial charge in [-0.2, -0.15) is 0 Å². The van der Waals surface area contributed by atoms with E-state index in [1.165, 1.54) is 11.5 Å². The molecule has 7 heteroatoms. The van der Waals surface area contributed by atoms with Crippen molar-refractivity contribution in [3.8, 4) is 5.69 Å². The fourth-order valence-corrected chi connectivity index (χ4v) is 4.74. The van der Waals surface area contributed by atoms with E-state index in [0.29, 0.717) is 33.0 Å². The van der Waals surface area contributed by atoms with E-state index in [2.05, 4.69) is 18.8 Å². The fraction of sp³-hybridized carbons (Fsp3) is 0.350. The van der Waals surface area contributed by atoms with Gasteiger partial charge in [-0.3, -0.25) is 9.59 Å². The Morgan fingerprint density at radius 3 is 2.85 bits per heavy atom. The predicted octanol–water partition coefficient (Wildman–Crippen LogP) is 4.36. The summed E-state index contributed by atoms with van der Waals surface area (Å²) in [4.78, 5) is 32.6. The van der Waals surface area contributed by atoms with Crippen LogP contribution in [-0.2, 0) is 0 Å². The first-order valence-corrected chi connectivity index (χ1v) is 10.1. The summed E-state index contributed by atoms with van der Waals surface area (Å²) >= 11 is 7.61. The monoisotopic (exact) mass is 401 g/mol. The Bertz CT molecular complexity index is 1090. The molecule has 3 heterocycles. The highest BCUT2D eigenvalue weighted by Crippen LogP contribution is 2.31. The van der Waals surface area contributed by atoms with Crippen LogP contribution in [0, 0.1) is 5.41 Å². The standard InChI is InChI=1S/C20H20ClN3O2S/c1-20(2)8-4-10-23(12-20)18(25)15-11-13(6-7-16(15)21)24-19(26)14-5-3-9-22-17(14)27-24/h3,5-7,9,11H,4,8,10,12H2,1-2H3. The minimum absolute atomic E-state index is 0.0816. The molecule has 27 heavy (non-hydrogen) atoms. The third-order valence-corrected chi connectivity index (χ3v) is 6.35. The number of piperidine rings is 1. The summed E-state index contributed by atoms with van der Waals surface area (Å²) < 4.78 is 1.56. The van der Waals surface area contributed by atoms with Crippen molar-refractivity contribution in [2.45, 2.75) is 26.7 Å². The van der Waals surface area contributed by atoms with Crippen LogP contribution in [0.4, 0.5) is 0 Å². The minimum atomic E-state index is -0.136. The summed E-state index contributed by atoms with van der Waals surface area (Å²) in [5.74, 6) is -0.0816. The van der Waals surface area contributed by atoms with Crippen molar-refractivity contribution in [2.75, 3.05) is 13.1 Å². The van der Waals surface area contributed by atoms with Crippen molar-refractivity contribution >= 4 is 39.3 Å². The molecular formula is C20H20ClN3O2S. The van der Waals surface area contributed by atoms with Gasteiger partial charge in [0, 0.05) is 19.3 Å². The summed E-state index contributed by atoms with van der Waals surface area (Å²) in [5, 5.41) is 0.975. The number of nitrogens with zero attached hydrogens (tertiary/aromatic N) is 3. The zero-order chi connectivity index (χ0) is 19.2. The number of pyridine rings is 1. The summed E-state index contributed by atoms with van der Waals surface area (Å²) in [6.45, 7) is 5.79. The molecule has 0 saturated carbocycles. The molecule has 1 saturated heterocycles.